The van der Waals surface area contributed by atoms with Crippen molar-refractivity contribution >= 4 is 17.5 Å². The van der Waals surface area contributed by atoms with E-state index in [9.17, 15) is 14.0 Å². The highest BCUT2D eigenvalue weighted by molar-refractivity contribution is 6.01. The van der Waals surface area contributed by atoms with Gasteiger partial charge in [-0.2, -0.15) is 5.10 Å². The Morgan fingerprint density at radius 3 is 2.29 bits per heavy atom. The smallest absolute Gasteiger partial charge is 0.251 e. The van der Waals surface area contributed by atoms with E-state index < -0.39 is 17.8 Å². The first-order valence-electron chi connectivity index (χ1n) is 8.76. The highest BCUT2D eigenvalue weighted by Crippen LogP contribution is 2.14. The summed E-state index contributed by atoms with van der Waals surface area (Å²) in [5, 5.41) is 9.56. The second-order valence-electron chi connectivity index (χ2n) is 6.58. The summed E-state index contributed by atoms with van der Waals surface area (Å²) in [5.74, 6) is -1.34. The van der Waals surface area contributed by atoms with Gasteiger partial charge in [-0.1, -0.05) is 13.8 Å². The molecule has 2 amide bonds. The number of halogens is 1. The van der Waals surface area contributed by atoms with E-state index in [1.165, 1.54) is 30.6 Å². The van der Waals surface area contributed by atoms with Crippen LogP contribution >= 0.6 is 0 Å². The van der Waals surface area contributed by atoms with Gasteiger partial charge in [-0.15, -0.1) is 0 Å². The molecular weight excluding hydrogens is 361 g/mol. The molecule has 0 aliphatic carbocycles. The van der Waals surface area contributed by atoms with E-state index in [0.717, 1.165) is 5.69 Å². The Balaban J connectivity index is 1.67. The predicted octanol–water partition coefficient (Wildman–Crippen LogP) is 2.80. The number of aromatic nitrogens is 3. The molecule has 0 aliphatic rings. The van der Waals surface area contributed by atoms with Gasteiger partial charge in [-0.3, -0.25) is 9.59 Å². The molecule has 3 rings (SSSR count). The van der Waals surface area contributed by atoms with E-state index in [0.29, 0.717) is 5.69 Å². The molecule has 2 aromatic carbocycles. The maximum absolute atomic E-state index is 13.0. The minimum Gasteiger partial charge on any atom is -0.340 e. The Bertz CT molecular complexity index is 938. The zero-order valence-electron chi connectivity index (χ0n) is 15.5. The topological polar surface area (TPSA) is 88.9 Å². The molecule has 0 aliphatic heterocycles. The van der Waals surface area contributed by atoms with E-state index in [2.05, 4.69) is 20.7 Å². The van der Waals surface area contributed by atoms with E-state index in [-0.39, 0.29) is 17.4 Å². The van der Waals surface area contributed by atoms with Crippen LogP contribution in [0.3, 0.4) is 0 Å². The molecule has 28 heavy (non-hydrogen) atoms. The number of amides is 2. The van der Waals surface area contributed by atoms with Gasteiger partial charge in [0.25, 0.3) is 5.91 Å². The molecule has 2 N–H and O–H groups in total. The number of benzene rings is 2. The van der Waals surface area contributed by atoms with E-state index in [1.807, 2.05) is 13.8 Å². The third-order valence-corrected chi connectivity index (χ3v) is 4.16. The number of nitrogens with one attached hydrogen (secondary N) is 2. The molecule has 0 radical (unpaired) electrons. The second-order valence-corrected chi connectivity index (χ2v) is 6.58. The average Bonchev–Trinajstić information content (AvgIpc) is 3.21. The lowest BCUT2D eigenvalue weighted by atomic mass is 10.0. The fourth-order valence-electron chi connectivity index (χ4n) is 2.62. The van der Waals surface area contributed by atoms with Crippen molar-refractivity contribution in [2.45, 2.75) is 19.9 Å². The molecule has 1 aromatic heterocycles. The molecule has 7 nitrogen and oxygen atoms in total. The van der Waals surface area contributed by atoms with E-state index >= 15 is 0 Å². The second kappa shape index (κ2) is 8.43. The van der Waals surface area contributed by atoms with Gasteiger partial charge in [0.1, 0.15) is 24.5 Å². The summed E-state index contributed by atoms with van der Waals surface area (Å²) in [5.41, 5.74) is 1.69. The summed E-state index contributed by atoms with van der Waals surface area (Å²) in [6.07, 6.45) is 3.01. The first kappa shape index (κ1) is 19.2. The summed E-state index contributed by atoms with van der Waals surface area (Å²) < 4.78 is 14.6. The lowest BCUT2D eigenvalue weighted by Crippen LogP contribution is -2.47. The fraction of sp³-hybridized carbons (Fsp3) is 0.200. The molecule has 1 atom stereocenters. The Labute approximate surface area is 161 Å². The number of anilines is 1. The fourth-order valence-corrected chi connectivity index (χ4v) is 2.62. The van der Waals surface area contributed by atoms with Crippen molar-refractivity contribution in [2.75, 3.05) is 5.32 Å². The molecule has 144 valence electrons. The summed E-state index contributed by atoms with van der Waals surface area (Å²) in [4.78, 5) is 28.9. The number of carbonyl (C=O) groups is 2. The number of hydrogen-bond donors (Lipinski definition) is 2. The van der Waals surface area contributed by atoms with E-state index in [1.54, 1.807) is 35.3 Å². The molecule has 3 aromatic rings. The Kier molecular flexibility index (Phi) is 5.78. The maximum atomic E-state index is 13.0. The van der Waals surface area contributed by atoms with Crippen molar-refractivity contribution < 1.29 is 14.0 Å². The van der Waals surface area contributed by atoms with Gasteiger partial charge in [0.2, 0.25) is 5.91 Å². The van der Waals surface area contributed by atoms with Crippen molar-refractivity contribution in [1.29, 1.82) is 0 Å². The van der Waals surface area contributed by atoms with Crippen molar-refractivity contribution in [1.82, 2.24) is 20.1 Å². The van der Waals surface area contributed by atoms with Crippen molar-refractivity contribution in [3.8, 4) is 5.69 Å². The monoisotopic (exact) mass is 381 g/mol. The number of carbonyl (C=O) groups excluding carboxylic acids is 2. The standard InChI is InChI=1S/C20H20FN5O2/c1-13(2)18(25-19(27)14-3-5-15(21)6-4-14)20(28)24-16-7-9-17(10-8-16)26-12-22-11-23-26/h3-13,18H,1-2H3,(H,24,28)(H,25,27). The van der Waals surface area contributed by atoms with E-state index in [4.69, 9.17) is 0 Å². The molecule has 0 saturated carbocycles. The average molecular weight is 381 g/mol. The normalized spacial score (nSPS) is 11.9. The first-order valence-corrected chi connectivity index (χ1v) is 8.76. The molecule has 1 unspecified atom stereocenters. The van der Waals surface area contributed by atoms with Crippen LogP contribution in [0, 0.1) is 11.7 Å². The van der Waals surface area contributed by atoms with Gasteiger partial charge in [-0.25, -0.2) is 14.1 Å². The van der Waals surface area contributed by atoms with Crippen LogP contribution in [0.15, 0.2) is 61.2 Å². The lowest BCUT2D eigenvalue weighted by Gasteiger charge is -2.22. The zero-order chi connectivity index (χ0) is 20.1. The van der Waals surface area contributed by atoms with Gasteiger partial charge < -0.3 is 10.6 Å². The minimum absolute atomic E-state index is 0.140. The number of rotatable bonds is 6. The first-order chi connectivity index (χ1) is 13.4. The van der Waals surface area contributed by atoms with Crippen LogP contribution in [0.4, 0.5) is 10.1 Å². The van der Waals surface area contributed by atoms with Gasteiger partial charge in [0, 0.05) is 11.3 Å². The molecular formula is C20H20FN5O2. The van der Waals surface area contributed by atoms with Gasteiger partial charge in [0.15, 0.2) is 0 Å². The zero-order valence-corrected chi connectivity index (χ0v) is 15.5. The van der Waals surface area contributed by atoms with Crippen LogP contribution in [-0.2, 0) is 4.79 Å². The third kappa shape index (κ3) is 4.59. The highest BCUT2D eigenvalue weighted by atomic mass is 19.1. The quantitative estimate of drug-likeness (QED) is 0.687. The predicted molar refractivity (Wildman–Crippen MR) is 102 cm³/mol. The summed E-state index contributed by atoms with van der Waals surface area (Å²) in [6, 6.07) is 11.5. The molecule has 1 heterocycles. The molecule has 0 saturated heterocycles. The molecule has 0 bridgehead atoms. The van der Waals surface area contributed by atoms with Gasteiger partial charge in [0.05, 0.1) is 5.69 Å². The summed E-state index contributed by atoms with van der Waals surface area (Å²) in [7, 11) is 0. The molecule has 0 fully saturated rings. The lowest BCUT2D eigenvalue weighted by molar-refractivity contribution is -0.118. The van der Waals surface area contributed by atoms with Crippen molar-refractivity contribution in [3.05, 3.63) is 72.6 Å². The van der Waals surface area contributed by atoms with Gasteiger partial charge in [-0.05, 0) is 54.4 Å². The molecule has 0 spiro atoms. The van der Waals surface area contributed by atoms with Crippen LogP contribution < -0.4 is 10.6 Å². The van der Waals surface area contributed by atoms with Crippen LogP contribution in [0.1, 0.15) is 24.2 Å². The van der Waals surface area contributed by atoms with Gasteiger partial charge >= 0.3 is 0 Å². The molecule has 8 heteroatoms. The Morgan fingerprint density at radius 2 is 1.71 bits per heavy atom. The van der Waals surface area contributed by atoms with Crippen LogP contribution in [0.5, 0.6) is 0 Å². The third-order valence-electron chi connectivity index (χ3n) is 4.16. The van der Waals surface area contributed by atoms with Crippen LogP contribution in [0.2, 0.25) is 0 Å². The largest absolute Gasteiger partial charge is 0.340 e. The minimum atomic E-state index is -0.743. The summed E-state index contributed by atoms with van der Waals surface area (Å²) >= 11 is 0. The Hall–Kier alpha value is -3.55. The summed E-state index contributed by atoms with van der Waals surface area (Å²) in [6.45, 7) is 3.67. The van der Waals surface area contributed by atoms with Crippen LogP contribution in [-0.4, -0.2) is 32.6 Å². The SMILES string of the molecule is CC(C)C(NC(=O)c1ccc(F)cc1)C(=O)Nc1ccc(-n2cncn2)cc1. The van der Waals surface area contributed by atoms with Crippen molar-refractivity contribution in [3.63, 3.8) is 0 Å². The van der Waals surface area contributed by atoms with Crippen LogP contribution in [0.25, 0.3) is 5.69 Å². The number of nitrogens with zero attached hydrogens (tertiary/aromatic N) is 3. The highest BCUT2D eigenvalue weighted by Gasteiger charge is 2.24. The van der Waals surface area contributed by atoms with Crippen molar-refractivity contribution in [2.24, 2.45) is 5.92 Å². The maximum Gasteiger partial charge on any atom is 0.251 e. The number of hydrogen-bond acceptors (Lipinski definition) is 4. The Morgan fingerprint density at radius 1 is 1.04 bits per heavy atom.